The van der Waals surface area contributed by atoms with Gasteiger partial charge in [0.05, 0.1) is 23.6 Å². The highest BCUT2D eigenvalue weighted by Gasteiger charge is 2.15. The Labute approximate surface area is 104 Å². The first kappa shape index (κ1) is 13.6. The third-order valence-corrected chi connectivity index (χ3v) is 2.41. The van der Waals surface area contributed by atoms with E-state index in [2.05, 4.69) is 4.74 Å². The monoisotopic (exact) mass is 258 g/mol. The summed E-state index contributed by atoms with van der Waals surface area (Å²) in [5, 5.41) is -0.105. The number of Topliss-reactive ketones (excluding diaryl/α,β-unsaturated/α-hetero) is 1. The van der Waals surface area contributed by atoms with Crippen LogP contribution >= 0.6 is 11.6 Å². The Balaban J connectivity index is 2.64. The summed E-state index contributed by atoms with van der Waals surface area (Å²) >= 11 is 5.55. The summed E-state index contributed by atoms with van der Waals surface area (Å²) in [6.07, 6.45) is -0.144. The fourth-order valence-electron chi connectivity index (χ4n) is 1.30. The molecule has 0 N–H and O–H groups in total. The van der Waals surface area contributed by atoms with Gasteiger partial charge >= 0.3 is 5.97 Å². The van der Waals surface area contributed by atoms with E-state index in [1.54, 1.807) is 6.92 Å². The smallest absolute Gasteiger partial charge is 0.306 e. The van der Waals surface area contributed by atoms with Crippen LogP contribution in [-0.2, 0) is 9.53 Å². The highest BCUT2D eigenvalue weighted by molar-refractivity contribution is 6.31. The average molecular weight is 259 g/mol. The third-order valence-electron chi connectivity index (χ3n) is 2.11. The third kappa shape index (κ3) is 3.82. The molecule has 0 spiro atoms. The number of rotatable bonds is 5. The quantitative estimate of drug-likeness (QED) is 0.602. The number of ether oxygens (including phenoxy) is 1. The SMILES string of the molecule is CCOC(=O)CCC(=O)c1cccc(Cl)c1F. The van der Waals surface area contributed by atoms with Gasteiger partial charge in [-0.1, -0.05) is 17.7 Å². The minimum Gasteiger partial charge on any atom is -0.466 e. The molecule has 0 atom stereocenters. The van der Waals surface area contributed by atoms with Gasteiger partial charge in [-0.15, -0.1) is 0 Å². The number of carbonyl (C=O) groups excluding carboxylic acids is 2. The second kappa shape index (κ2) is 6.35. The van der Waals surface area contributed by atoms with Gasteiger partial charge in [0, 0.05) is 6.42 Å². The molecule has 1 aromatic carbocycles. The van der Waals surface area contributed by atoms with Crippen LogP contribution in [0.5, 0.6) is 0 Å². The van der Waals surface area contributed by atoms with Gasteiger partial charge in [-0.3, -0.25) is 9.59 Å². The first-order valence-corrected chi connectivity index (χ1v) is 5.57. The van der Waals surface area contributed by atoms with Crippen molar-refractivity contribution in [1.82, 2.24) is 0 Å². The van der Waals surface area contributed by atoms with E-state index in [-0.39, 0.29) is 30.0 Å². The van der Waals surface area contributed by atoms with Crippen molar-refractivity contribution in [1.29, 1.82) is 0 Å². The highest BCUT2D eigenvalue weighted by atomic mass is 35.5. The molecule has 3 nitrogen and oxygen atoms in total. The second-order valence-corrected chi connectivity index (χ2v) is 3.74. The summed E-state index contributed by atoms with van der Waals surface area (Å²) in [7, 11) is 0. The van der Waals surface area contributed by atoms with Gasteiger partial charge in [-0.25, -0.2) is 4.39 Å². The average Bonchev–Trinajstić information content (AvgIpc) is 2.30. The van der Waals surface area contributed by atoms with Gasteiger partial charge < -0.3 is 4.74 Å². The van der Waals surface area contributed by atoms with Crippen LogP contribution in [0.3, 0.4) is 0 Å². The van der Waals surface area contributed by atoms with E-state index in [4.69, 9.17) is 11.6 Å². The Hall–Kier alpha value is -1.42. The molecular formula is C12H12ClFO3. The van der Waals surface area contributed by atoms with Gasteiger partial charge in [-0.05, 0) is 19.1 Å². The van der Waals surface area contributed by atoms with Gasteiger partial charge in [0.2, 0.25) is 0 Å². The summed E-state index contributed by atoms with van der Waals surface area (Å²) in [6, 6.07) is 4.19. The minimum atomic E-state index is -0.747. The molecule has 92 valence electrons. The number of benzene rings is 1. The van der Waals surface area contributed by atoms with Crippen LogP contribution in [0, 0.1) is 5.82 Å². The normalized spacial score (nSPS) is 10.1. The number of halogens is 2. The molecule has 0 bridgehead atoms. The maximum absolute atomic E-state index is 13.5. The number of ketones is 1. The van der Waals surface area contributed by atoms with Crippen molar-refractivity contribution in [3.63, 3.8) is 0 Å². The molecule has 17 heavy (non-hydrogen) atoms. The van der Waals surface area contributed by atoms with Crippen molar-refractivity contribution in [3.05, 3.63) is 34.6 Å². The van der Waals surface area contributed by atoms with Gasteiger partial charge in [0.15, 0.2) is 11.6 Å². The molecule has 0 aliphatic rings. The molecule has 0 aromatic heterocycles. The molecule has 1 rings (SSSR count). The summed E-state index contributed by atoms with van der Waals surface area (Å²) in [4.78, 5) is 22.7. The topological polar surface area (TPSA) is 43.4 Å². The lowest BCUT2D eigenvalue weighted by molar-refractivity contribution is -0.143. The maximum atomic E-state index is 13.5. The zero-order chi connectivity index (χ0) is 12.8. The Morgan fingerprint density at radius 3 is 2.71 bits per heavy atom. The molecule has 0 fully saturated rings. The predicted molar refractivity (Wildman–Crippen MR) is 61.6 cm³/mol. The van der Waals surface area contributed by atoms with E-state index in [0.29, 0.717) is 0 Å². The molecule has 0 amide bonds. The highest BCUT2D eigenvalue weighted by Crippen LogP contribution is 2.19. The molecule has 0 saturated heterocycles. The van der Waals surface area contributed by atoms with Gasteiger partial charge in [-0.2, -0.15) is 0 Å². The van der Waals surface area contributed by atoms with Crippen LogP contribution < -0.4 is 0 Å². The molecule has 0 aliphatic carbocycles. The fraction of sp³-hybridized carbons (Fsp3) is 0.333. The van der Waals surface area contributed by atoms with Crippen molar-refractivity contribution in [2.45, 2.75) is 19.8 Å². The van der Waals surface area contributed by atoms with E-state index < -0.39 is 17.6 Å². The Kier molecular flexibility index (Phi) is 5.10. The van der Waals surface area contributed by atoms with Gasteiger partial charge in [0.25, 0.3) is 0 Å². The molecular weight excluding hydrogens is 247 g/mol. The molecule has 0 heterocycles. The number of hydrogen-bond acceptors (Lipinski definition) is 3. The Morgan fingerprint density at radius 1 is 1.35 bits per heavy atom. The maximum Gasteiger partial charge on any atom is 0.306 e. The van der Waals surface area contributed by atoms with Gasteiger partial charge in [0.1, 0.15) is 0 Å². The lowest BCUT2D eigenvalue weighted by Crippen LogP contribution is -2.09. The van der Waals surface area contributed by atoms with Crippen LogP contribution in [0.15, 0.2) is 18.2 Å². The van der Waals surface area contributed by atoms with Crippen molar-refractivity contribution >= 4 is 23.4 Å². The van der Waals surface area contributed by atoms with E-state index in [1.807, 2.05) is 0 Å². The fourth-order valence-corrected chi connectivity index (χ4v) is 1.48. The van der Waals surface area contributed by atoms with Crippen LogP contribution in [0.1, 0.15) is 30.1 Å². The summed E-state index contributed by atoms with van der Waals surface area (Å²) < 4.78 is 18.1. The van der Waals surface area contributed by atoms with Crippen molar-refractivity contribution in [3.8, 4) is 0 Å². The standard InChI is InChI=1S/C12H12ClFO3/c1-2-17-11(16)7-6-10(15)8-4-3-5-9(13)12(8)14/h3-5H,2,6-7H2,1H3. The number of esters is 1. The molecule has 1 aromatic rings. The summed E-state index contributed by atoms with van der Waals surface area (Å²) in [5.74, 6) is -1.68. The Bertz CT molecular complexity index is 432. The first-order valence-electron chi connectivity index (χ1n) is 5.19. The van der Waals surface area contributed by atoms with E-state index in [1.165, 1.54) is 18.2 Å². The number of hydrogen-bond donors (Lipinski definition) is 0. The largest absolute Gasteiger partial charge is 0.466 e. The summed E-state index contributed by atoms with van der Waals surface area (Å²) in [6.45, 7) is 1.94. The van der Waals surface area contributed by atoms with Crippen molar-refractivity contribution in [2.75, 3.05) is 6.61 Å². The molecule has 0 radical (unpaired) electrons. The van der Waals surface area contributed by atoms with Crippen LogP contribution in [-0.4, -0.2) is 18.4 Å². The second-order valence-electron chi connectivity index (χ2n) is 3.33. The summed E-state index contributed by atoms with van der Waals surface area (Å²) in [5.41, 5.74) is -0.0956. The lowest BCUT2D eigenvalue weighted by Gasteiger charge is -2.04. The molecule has 0 saturated carbocycles. The van der Waals surface area contributed by atoms with E-state index in [9.17, 15) is 14.0 Å². The first-order chi connectivity index (χ1) is 8.06. The molecule has 0 aliphatic heterocycles. The van der Waals surface area contributed by atoms with E-state index >= 15 is 0 Å². The zero-order valence-corrected chi connectivity index (χ0v) is 10.1. The van der Waals surface area contributed by atoms with E-state index in [0.717, 1.165) is 0 Å². The van der Waals surface area contributed by atoms with Crippen LogP contribution in [0.4, 0.5) is 4.39 Å². The zero-order valence-electron chi connectivity index (χ0n) is 9.33. The van der Waals surface area contributed by atoms with Crippen LogP contribution in [0.2, 0.25) is 5.02 Å². The van der Waals surface area contributed by atoms with Crippen molar-refractivity contribution < 1.29 is 18.7 Å². The van der Waals surface area contributed by atoms with Crippen LogP contribution in [0.25, 0.3) is 0 Å². The molecule has 0 unspecified atom stereocenters. The number of carbonyl (C=O) groups is 2. The Morgan fingerprint density at radius 2 is 2.06 bits per heavy atom. The predicted octanol–water partition coefficient (Wildman–Crippen LogP) is 3.01. The minimum absolute atomic E-state index is 0.0569. The molecule has 5 heteroatoms. The lowest BCUT2D eigenvalue weighted by atomic mass is 10.1. The van der Waals surface area contributed by atoms with Crippen molar-refractivity contribution in [2.24, 2.45) is 0 Å².